The Morgan fingerprint density at radius 2 is 1.85 bits per heavy atom. The summed E-state index contributed by atoms with van der Waals surface area (Å²) >= 11 is 0. The first-order chi connectivity index (χ1) is 6.29. The van der Waals surface area contributed by atoms with Gasteiger partial charge in [-0.25, -0.2) is 0 Å². The Bertz CT molecular complexity index is 112. The van der Waals surface area contributed by atoms with Gasteiger partial charge in [0.1, 0.15) is 0 Å². The largest absolute Gasteiger partial charge is 0.330 e. The average molecular weight is 185 g/mol. The summed E-state index contributed by atoms with van der Waals surface area (Å²) in [4.78, 5) is 0. The molecular formula is C12H27N. The Morgan fingerprint density at radius 3 is 2.31 bits per heavy atom. The summed E-state index contributed by atoms with van der Waals surface area (Å²) in [7, 11) is 0. The molecule has 1 heteroatoms. The van der Waals surface area contributed by atoms with Crippen molar-refractivity contribution in [3.05, 3.63) is 0 Å². The van der Waals surface area contributed by atoms with Crippen molar-refractivity contribution < 1.29 is 0 Å². The van der Waals surface area contributed by atoms with Crippen LogP contribution in [0.1, 0.15) is 53.4 Å². The standard InChI is InChI=1S/C10H21N.C2H6/c1-3-4-10-8(2)5-6-9(10)7-11;1-2/h8-10H,3-7,11H2,1-2H3;1-2H3. The van der Waals surface area contributed by atoms with Crippen LogP contribution in [0.2, 0.25) is 0 Å². The summed E-state index contributed by atoms with van der Waals surface area (Å²) in [5.41, 5.74) is 5.72. The highest BCUT2D eigenvalue weighted by atomic mass is 14.6. The van der Waals surface area contributed by atoms with Crippen molar-refractivity contribution in [2.24, 2.45) is 23.5 Å². The van der Waals surface area contributed by atoms with Gasteiger partial charge in [-0.3, -0.25) is 0 Å². The molecule has 0 aromatic heterocycles. The Balaban J connectivity index is 0.000000671. The van der Waals surface area contributed by atoms with Gasteiger partial charge in [0, 0.05) is 0 Å². The second kappa shape index (κ2) is 7.37. The highest BCUT2D eigenvalue weighted by molar-refractivity contribution is 4.82. The monoisotopic (exact) mass is 185 g/mol. The second-order valence-corrected chi connectivity index (χ2v) is 4.00. The van der Waals surface area contributed by atoms with Crippen LogP contribution < -0.4 is 5.73 Å². The predicted octanol–water partition coefficient (Wildman–Crippen LogP) is 3.43. The van der Waals surface area contributed by atoms with Gasteiger partial charge in [0.25, 0.3) is 0 Å². The second-order valence-electron chi connectivity index (χ2n) is 4.00. The molecule has 1 aliphatic carbocycles. The van der Waals surface area contributed by atoms with Gasteiger partial charge in [-0.2, -0.15) is 0 Å². The van der Waals surface area contributed by atoms with Crippen LogP contribution in [0.5, 0.6) is 0 Å². The molecule has 2 N–H and O–H groups in total. The van der Waals surface area contributed by atoms with Crippen molar-refractivity contribution in [2.75, 3.05) is 6.54 Å². The van der Waals surface area contributed by atoms with Crippen LogP contribution in [0.4, 0.5) is 0 Å². The van der Waals surface area contributed by atoms with E-state index in [1.165, 1.54) is 25.7 Å². The van der Waals surface area contributed by atoms with Gasteiger partial charge in [0.15, 0.2) is 0 Å². The van der Waals surface area contributed by atoms with Crippen LogP contribution in [0.3, 0.4) is 0 Å². The first-order valence-electron chi connectivity index (χ1n) is 5.99. The summed E-state index contributed by atoms with van der Waals surface area (Å²) in [6.07, 6.45) is 5.50. The fourth-order valence-electron chi connectivity index (χ4n) is 2.52. The highest BCUT2D eigenvalue weighted by Gasteiger charge is 2.30. The molecule has 1 nitrogen and oxygen atoms in total. The SMILES string of the molecule is CC.CCCC1C(C)CCC1CN. The van der Waals surface area contributed by atoms with E-state index in [0.29, 0.717) is 0 Å². The molecule has 1 saturated carbocycles. The third-order valence-electron chi connectivity index (χ3n) is 3.25. The van der Waals surface area contributed by atoms with Crippen molar-refractivity contribution >= 4 is 0 Å². The fourth-order valence-corrected chi connectivity index (χ4v) is 2.52. The summed E-state index contributed by atoms with van der Waals surface area (Å²) in [6, 6.07) is 0. The summed E-state index contributed by atoms with van der Waals surface area (Å²) < 4.78 is 0. The summed E-state index contributed by atoms with van der Waals surface area (Å²) in [6.45, 7) is 9.57. The Hall–Kier alpha value is -0.0400. The molecule has 1 aliphatic rings. The third-order valence-corrected chi connectivity index (χ3v) is 3.25. The molecule has 13 heavy (non-hydrogen) atoms. The van der Waals surface area contributed by atoms with Crippen LogP contribution in [0, 0.1) is 17.8 Å². The molecule has 0 spiro atoms. The lowest BCUT2D eigenvalue weighted by Crippen LogP contribution is -2.20. The normalized spacial score (nSPS) is 32.5. The van der Waals surface area contributed by atoms with E-state index in [2.05, 4.69) is 13.8 Å². The van der Waals surface area contributed by atoms with Gasteiger partial charge in [-0.15, -0.1) is 0 Å². The van der Waals surface area contributed by atoms with Crippen LogP contribution >= 0.6 is 0 Å². The topological polar surface area (TPSA) is 26.0 Å². The van der Waals surface area contributed by atoms with Crippen molar-refractivity contribution in [3.8, 4) is 0 Å². The molecule has 0 saturated heterocycles. The predicted molar refractivity (Wildman–Crippen MR) is 60.7 cm³/mol. The van der Waals surface area contributed by atoms with Crippen molar-refractivity contribution in [1.82, 2.24) is 0 Å². The smallest absolute Gasteiger partial charge is 0.00461 e. The molecule has 0 aliphatic heterocycles. The van der Waals surface area contributed by atoms with E-state index in [0.717, 1.165) is 24.3 Å². The first kappa shape index (κ1) is 13.0. The lowest BCUT2D eigenvalue weighted by atomic mass is 9.87. The Morgan fingerprint density at radius 1 is 1.23 bits per heavy atom. The van der Waals surface area contributed by atoms with Gasteiger partial charge in [0.05, 0.1) is 0 Å². The van der Waals surface area contributed by atoms with Crippen LogP contribution in [0.25, 0.3) is 0 Å². The minimum absolute atomic E-state index is 0.838. The van der Waals surface area contributed by atoms with E-state index in [-0.39, 0.29) is 0 Å². The molecule has 0 bridgehead atoms. The van der Waals surface area contributed by atoms with Crippen LogP contribution in [0.15, 0.2) is 0 Å². The lowest BCUT2D eigenvalue weighted by molar-refractivity contribution is 0.308. The molecule has 3 atom stereocenters. The maximum Gasteiger partial charge on any atom is -0.00461 e. The third kappa shape index (κ3) is 3.68. The molecule has 80 valence electrons. The van der Waals surface area contributed by atoms with Crippen molar-refractivity contribution in [3.63, 3.8) is 0 Å². The molecule has 3 unspecified atom stereocenters. The van der Waals surface area contributed by atoms with E-state index in [1.54, 1.807) is 0 Å². The highest BCUT2D eigenvalue weighted by Crippen LogP contribution is 2.38. The van der Waals surface area contributed by atoms with E-state index >= 15 is 0 Å². The Labute approximate surface area is 84.1 Å². The number of hydrogen-bond donors (Lipinski definition) is 1. The van der Waals surface area contributed by atoms with Crippen LogP contribution in [-0.2, 0) is 0 Å². The molecule has 0 aromatic carbocycles. The van der Waals surface area contributed by atoms with E-state index in [4.69, 9.17) is 5.73 Å². The molecule has 1 fully saturated rings. The molecule has 0 amide bonds. The van der Waals surface area contributed by atoms with E-state index in [1.807, 2.05) is 13.8 Å². The maximum absolute atomic E-state index is 5.72. The zero-order valence-corrected chi connectivity index (χ0v) is 9.84. The fraction of sp³-hybridized carbons (Fsp3) is 1.00. The van der Waals surface area contributed by atoms with Gasteiger partial charge in [-0.1, -0.05) is 47.0 Å². The number of rotatable bonds is 3. The molecule has 1 rings (SSSR count). The first-order valence-corrected chi connectivity index (χ1v) is 5.99. The van der Waals surface area contributed by atoms with Gasteiger partial charge in [0.2, 0.25) is 0 Å². The molecule has 0 radical (unpaired) electrons. The molecular weight excluding hydrogens is 158 g/mol. The summed E-state index contributed by atoms with van der Waals surface area (Å²) in [5.74, 6) is 2.71. The average Bonchev–Trinajstić information content (AvgIpc) is 2.52. The Kier molecular flexibility index (Phi) is 7.35. The lowest BCUT2D eigenvalue weighted by Gasteiger charge is -2.20. The zero-order valence-electron chi connectivity index (χ0n) is 9.84. The molecule has 0 aromatic rings. The van der Waals surface area contributed by atoms with Crippen LogP contribution in [-0.4, -0.2) is 6.54 Å². The zero-order chi connectivity index (χ0) is 10.3. The van der Waals surface area contributed by atoms with Crippen molar-refractivity contribution in [2.45, 2.75) is 53.4 Å². The van der Waals surface area contributed by atoms with E-state index in [9.17, 15) is 0 Å². The van der Waals surface area contributed by atoms with Gasteiger partial charge >= 0.3 is 0 Å². The maximum atomic E-state index is 5.72. The summed E-state index contributed by atoms with van der Waals surface area (Å²) in [5, 5.41) is 0. The quantitative estimate of drug-likeness (QED) is 0.716. The number of nitrogens with two attached hydrogens (primary N) is 1. The van der Waals surface area contributed by atoms with E-state index < -0.39 is 0 Å². The number of hydrogen-bond acceptors (Lipinski definition) is 1. The minimum atomic E-state index is 0.838. The van der Waals surface area contributed by atoms with Gasteiger partial charge in [-0.05, 0) is 30.7 Å². The van der Waals surface area contributed by atoms with Gasteiger partial charge < -0.3 is 5.73 Å². The minimum Gasteiger partial charge on any atom is -0.330 e. The molecule has 0 heterocycles. The van der Waals surface area contributed by atoms with Crippen molar-refractivity contribution in [1.29, 1.82) is 0 Å².